The molecule has 0 saturated carbocycles. The number of nitrogens with one attached hydrogen (secondary N) is 1. The van der Waals surface area contributed by atoms with Crippen LogP contribution in [0.25, 0.3) is 0 Å². The summed E-state index contributed by atoms with van der Waals surface area (Å²) in [6.45, 7) is 9.81. The van der Waals surface area contributed by atoms with Gasteiger partial charge < -0.3 is 15.0 Å². The summed E-state index contributed by atoms with van der Waals surface area (Å²) in [6.07, 6.45) is 1.46. The van der Waals surface area contributed by atoms with Crippen molar-refractivity contribution in [2.45, 2.75) is 53.6 Å². The van der Waals surface area contributed by atoms with E-state index in [1.807, 2.05) is 52.8 Å². The van der Waals surface area contributed by atoms with Crippen LogP contribution in [0.15, 0.2) is 42.5 Å². The average molecular weight is 518 g/mol. The number of sulfonamides is 1. The van der Waals surface area contributed by atoms with Crippen LogP contribution in [0.2, 0.25) is 0 Å². The molecule has 0 saturated heterocycles. The van der Waals surface area contributed by atoms with Crippen molar-refractivity contribution in [2.24, 2.45) is 5.92 Å². The van der Waals surface area contributed by atoms with E-state index in [0.717, 1.165) is 27.3 Å². The van der Waals surface area contributed by atoms with E-state index in [9.17, 15) is 18.0 Å². The lowest BCUT2D eigenvalue weighted by atomic mass is 10.1. The first-order valence-electron chi connectivity index (χ1n) is 12.1. The summed E-state index contributed by atoms with van der Waals surface area (Å²) in [5.41, 5.74) is 3.00. The van der Waals surface area contributed by atoms with Gasteiger partial charge in [-0.3, -0.25) is 13.9 Å². The number of aryl methyl sites for hydroxylation is 2. The molecule has 0 aliphatic carbocycles. The zero-order chi connectivity index (χ0) is 27.0. The van der Waals surface area contributed by atoms with Gasteiger partial charge in [0, 0.05) is 13.1 Å². The van der Waals surface area contributed by atoms with Gasteiger partial charge in [0.25, 0.3) is 0 Å². The molecular formula is C27H39N3O5S. The smallest absolute Gasteiger partial charge is 0.244 e. The minimum atomic E-state index is -3.77. The molecule has 8 nitrogen and oxygen atoms in total. The first-order valence-corrected chi connectivity index (χ1v) is 14.0. The zero-order valence-electron chi connectivity index (χ0n) is 22.4. The Morgan fingerprint density at radius 1 is 1.03 bits per heavy atom. The maximum atomic E-state index is 13.7. The van der Waals surface area contributed by atoms with Crippen LogP contribution in [-0.2, 0) is 26.2 Å². The second kappa shape index (κ2) is 12.8. The maximum absolute atomic E-state index is 13.7. The summed E-state index contributed by atoms with van der Waals surface area (Å²) in [5, 5.41) is 2.92. The first-order chi connectivity index (χ1) is 16.8. The number of hydrogen-bond donors (Lipinski definition) is 1. The van der Waals surface area contributed by atoms with Crippen molar-refractivity contribution < 1.29 is 22.7 Å². The molecule has 0 aliphatic heterocycles. The lowest BCUT2D eigenvalue weighted by Gasteiger charge is -2.33. The number of carbonyl (C=O) groups excluding carboxylic acids is 2. The van der Waals surface area contributed by atoms with Crippen LogP contribution in [0.3, 0.4) is 0 Å². The topological polar surface area (TPSA) is 96.0 Å². The highest BCUT2D eigenvalue weighted by Gasteiger charge is 2.31. The number of anilines is 1. The standard InChI is InChI=1S/C27H39N3O5S/c1-8-25(27(32)28-16-19(2)3)29(17-22-9-11-24(35-6)12-10-22)26(31)18-30(36(7,33)34)23-14-20(4)13-21(5)15-23/h9-15,19,25H,8,16-18H2,1-7H3,(H,28,32)/t25-/m1/s1. The number of carbonyl (C=O) groups is 2. The van der Waals surface area contributed by atoms with Crippen LogP contribution >= 0.6 is 0 Å². The van der Waals surface area contributed by atoms with E-state index in [4.69, 9.17) is 4.74 Å². The van der Waals surface area contributed by atoms with Crippen molar-refractivity contribution >= 4 is 27.5 Å². The molecule has 0 unspecified atom stereocenters. The van der Waals surface area contributed by atoms with E-state index < -0.39 is 28.5 Å². The predicted octanol–water partition coefficient (Wildman–Crippen LogP) is 3.66. The summed E-state index contributed by atoms with van der Waals surface area (Å²) in [6, 6.07) is 11.9. The fourth-order valence-electron chi connectivity index (χ4n) is 3.98. The zero-order valence-corrected chi connectivity index (χ0v) is 23.2. The third-order valence-corrected chi connectivity index (χ3v) is 6.90. The van der Waals surface area contributed by atoms with E-state index in [2.05, 4.69) is 5.32 Å². The van der Waals surface area contributed by atoms with Crippen molar-refractivity contribution in [1.82, 2.24) is 10.2 Å². The Morgan fingerprint density at radius 3 is 2.08 bits per heavy atom. The highest BCUT2D eigenvalue weighted by molar-refractivity contribution is 7.92. The van der Waals surface area contributed by atoms with E-state index in [-0.39, 0.29) is 18.4 Å². The fourth-order valence-corrected chi connectivity index (χ4v) is 4.81. The molecule has 0 aromatic heterocycles. The molecule has 0 radical (unpaired) electrons. The lowest BCUT2D eigenvalue weighted by Crippen LogP contribution is -2.52. The number of methoxy groups -OCH3 is 1. The molecule has 1 N–H and O–H groups in total. The van der Waals surface area contributed by atoms with Gasteiger partial charge in [0.15, 0.2) is 0 Å². The molecule has 0 fully saturated rings. The number of nitrogens with zero attached hydrogens (tertiary/aromatic N) is 2. The van der Waals surface area contributed by atoms with Crippen molar-refractivity contribution in [1.29, 1.82) is 0 Å². The van der Waals surface area contributed by atoms with Crippen molar-refractivity contribution in [2.75, 3.05) is 30.8 Å². The summed E-state index contributed by atoms with van der Waals surface area (Å²) < 4.78 is 31.8. The van der Waals surface area contributed by atoms with E-state index in [1.165, 1.54) is 4.90 Å². The van der Waals surface area contributed by atoms with Crippen LogP contribution in [0, 0.1) is 19.8 Å². The molecule has 198 valence electrons. The van der Waals surface area contributed by atoms with Crippen LogP contribution in [0.5, 0.6) is 5.75 Å². The van der Waals surface area contributed by atoms with Gasteiger partial charge in [-0.2, -0.15) is 0 Å². The molecule has 0 aliphatic rings. The molecule has 36 heavy (non-hydrogen) atoms. The normalized spacial score (nSPS) is 12.2. The van der Waals surface area contributed by atoms with Crippen molar-refractivity contribution in [3.63, 3.8) is 0 Å². The van der Waals surface area contributed by atoms with E-state index in [0.29, 0.717) is 24.4 Å². The predicted molar refractivity (Wildman–Crippen MR) is 144 cm³/mol. The molecule has 9 heteroatoms. The highest BCUT2D eigenvalue weighted by Crippen LogP contribution is 2.23. The quantitative estimate of drug-likeness (QED) is 0.464. The molecule has 0 spiro atoms. The fraction of sp³-hybridized carbons (Fsp3) is 0.481. The van der Waals surface area contributed by atoms with Crippen LogP contribution < -0.4 is 14.4 Å². The second-order valence-corrected chi connectivity index (χ2v) is 11.5. The number of benzene rings is 2. The van der Waals surface area contributed by atoms with Gasteiger partial charge in [-0.1, -0.05) is 39.0 Å². The molecule has 0 heterocycles. The number of hydrogen-bond acceptors (Lipinski definition) is 5. The van der Waals surface area contributed by atoms with Gasteiger partial charge >= 0.3 is 0 Å². The average Bonchev–Trinajstić information content (AvgIpc) is 2.79. The maximum Gasteiger partial charge on any atom is 0.244 e. The Morgan fingerprint density at radius 2 is 1.61 bits per heavy atom. The second-order valence-electron chi connectivity index (χ2n) is 9.55. The first kappa shape index (κ1) is 29.2. The monoisotopic (exact) mass is 517 g/mol. The SMILES string of the molecule is CC[C@H](C(=O)NCC(C)C)N(Cc1ccc(OC)cc1)C(=O)CN(c1cc(C)cc(C)c1)S(C)(=O)=O. The summed E-state index contributed by atoms with van der Waals surface area (Å²) in [5.74, 6) is 0.214. The van der Waals surface area contributed by atoms with E-state index in [1.54, 1.807) is 31.4 Å². The van der Waals surface area contributed by atoms with Crippen molar-refractivity contribution in [3.8, 4) is 5.75 Å². The summed E-state index contributed by atoms with van der Waals surface area (Å²) >= 11 is 0. The van der Waals surface area contributed by atoms with Crippen LogP contribution in [-0.4, -0.2) is 57.6 Å². The minimum Gasteiger partial charge on any atom is -0.497 e. The van der Waals surface area contributed by atoms with Crippen molar-refractivity contribution in [3.05, 3.63) is 59.2 Å². The van der Waals surface area contributed by atoms with Gasteiger partial charge in [0.1, 0.15) is 18.3 Å². The molecule has 2 rings (SSSR count). The minimum absolute atomic E-state index is 0.154. The molecule has 2 aromatic carbocycles. The van der Waals surface area contributed by atoms with E-state index >= 15 is 0 Å². The lowest BCUT2D eigenvalue weighted by molar-refractivity contribution is -0.140. The Kier molecular flexibility index (Phi) is 10.3. The third-order valence-electron chi connectivity index (χ3n) is 5.76. The Labute approximate surface area is 215 Å². The number of ether oxygens (including phenoxy) is 1. The highest BCUT2D eigenvalue weighted by atomic mass is 32.2. The Bertz CT molecular complexity index is 1130. The van der Waals surface area contributed by atoms with Gasteiger partial charge in [0.2, 0.25) is 21.8 Å². The van der Waals surface area contributed by atoms with Gasteiger partial charge in [-0.05, 0) is 67.1 Å². The summed E-state index contributed by atoms with van der Waals surface area (Å²) in [7, 11) is -2.19. The summed E-state index contributed by atoms with van der Waals surface area (Å²) in [4.78, 5) is 28.3. The largest absolute Gasteiger partial charge is 0.497 e. The molecule has 1 atom stereocenters. The Hall–Kier alpha value is -3.07. The van der Waals surface area contributed by atoms with Gasteiger partial charge in [0.05, 0.1) is 19.1 Å². The molecule has 2 amide bonds. The molecular weight excluding hydrogens is 478 g/mol. The van der Waals surface area contributed by atoms with Crippen LogP contribution in [0.1, 0.15) is 43.9 Å². The number of rotatable bonds is 12. The van der Waals surface area contributed by atoms with Gasteiger partial charge in [-0.25, -0.2) is 8.42 Å². The number of amides is 2. The van der Waals surface area contributed by atoms with Gasteiger partial charge in [-0.15, -0.1) is 0 Å². The molecule has 2 aromatic rings. The third kappa shape index (κ3) is 8.26. The van der Waals surface area contributed by atoms with Crippen LogP contribution in [0.4, 0.5) is 5.69 Å². The molecule has 0 bridgehead atoms. The Balaban J connectivity index is 2.44.